The van der Waals surface area contributed by atoms with Crippen molar-refractivity contribution < 1.29 is 14.3 Å². The quantitative estimate of drug-likeness (QED) is 0.578. The lowest BCUT2D eigenvalue weighted by Crippen LogP contribution is -2.18. The minimum atomic E-state index is -0.453. The topological polar surface area (TPSA) is 35.5 Å². The Labute approximate surface area is 137 Å². The molecule has 0 spiro atoms. The Balaban J connectivity index is 1.97. The van der Waals surface area contributed by atoms with Crippen LogP contribution in [-0.2, 0) is 4.79 Å². The lowest BCUT2D eigenvalue weighted by molar-refractivity contribution is -0.136. The molecular formula is C16H14BrClO3. The highest BCUT2D eigenvalue weighted by atomic mass is 79.9. The molecule has 0 N–H and O–H groups in total. The van der Waals surface area contributed by atoms with Gasteiger partial charge in [0, 0.05) is 5.02 Å². The molecule has 0 amide bonds. The lowest BCUT2D eigenvalue weighted by Gasteiger charge is -2.10. The summed E-state index contributed by atoms with van der Waals surface area (Å²) < 4.78 is 11.4. The first kappa shape index (κ1) is 15.9. The SMILES string of the molecule is Cc1ccc(C)c(OC(=O)COc2ccc(Cl)cc2Br)c1. The maximum atomic E-state index is 11.8. The van der Waals surface area contributed by atoms with Gasteiger partial charge in [-0.1, -0.05) is 23.7 Å². The van der Waals surface area contributed by atoms with Crippen molar-refractivity contribution in [3.8, 4) is 11.5 Å². The highest BCUT2D eigenvalue weighted by molar-refractivity contribution is 9.10. The Morgan fingerprint density at radius 3 is 2.62 bits per heavy atom. The van der Waals surface area contributed by atoms with E-state index >= 15 is 0 Å². The molecule has 0 unspecified atom stereocenters. The Morgan fingerprint density at radius 1 is 1.14 bits per heavy atom. The summed E-state index contributed by atoms with van der Waals surface area (Å²) in [5.41, 5.74) is 1.94. The molecule has 0 heterocycles. The molecule has 2 aromatic rings. The van der Waals surface area contributed by atoms with Crippen LogP contribution in [0.4, 0.5) is 0 Å². The van der Waals surface area contributed by atoms with Crippen LogP contribution in [0.15, 0.2) is 40.9 Å². The van der Waals surface area contributed by atoms with Crippen molar-refractivity contribution in [3.05, 3.63) is 57.0 Å². The zero-order valence-corrected chi connectivity index (χ0v) is 14.0. The second-order valence-corrected chi connectivity index (χ2v) is 5.90. The first-order valence-corrected chi connectivity index (χ1v) is 7.48. The fraction of sp³-hybridized carbons (Fsp3) is 0.188. The number of hydrogen-bond acceptors (Lipinski definition) is 3. The van der Waals surface area contributed by atoms with Gasteiger partial charge in [0.05, 0.1) is 4.47 Å². The Kier molecular flexibility index (Phi) is 5.26. The smallest absolute Gasteiger partial charge is 0.349 e. The summed E-state index contributed by atoms with van der Waals surface area (Å²) in [5.74, 6) is 0.640. The number of hydrogen-bond donors (Lipinski definition) is 0. The van der Waals surface area contributed by atoms with Crippen LogP contribution in [0.5, 0.6) is 11.5 Å². The van der Waals surface area contributed by atoms with E-state index in [1.165, 1.54) is 0 Å². The molecule has 0 bridgehead atoms. The maximum absolute atomic E-state index is 11.8. The molecule has 3 nitrogen and oxygen atoms in total. The van der Waals surface area contributed by atoms with Crippen molar-refractivity contribution >= 4 is 33.5 Å². The minimum Gasteiger partial charge on any atom is -0.481 e. The van der Waals surface area contributed by atoms with Crippen LogP contribution < -0.4 is 9.47 Å². The zero-order valence-electron chi connectivity index (χ0n) is 11.7. The number of carbonyl (C=O) groups is 1. The summed E-state index contributed by atoms with van der Waals surface area (Å²) in [5, 5.41) is 0.590. The number of ether oxygens (including phenoxy) is 2. The van der Waals surface area contributed by atoms with Crippen LogP contribution in [0.3, 0.4) is 0 Å². The van der Waals surface area contributed by atoms with Gasteiger partial charge in [-0.2, -0.15) is 0 Å². The van der Waals surface area contributed by atoms with Crippen molar-refractivity contribution in [2.75, 3.05) is 6.61 Å². The van der Waals surface area contributed by atoms with E-state index in [0.717, 1.165) is 11.1 Å². The Bertz CT molecular complexity index is 671. The predicted molar refractivity (Wildman–Crippen MR) is 86.2 cm³/mol. The van der Waals surface area contributed by atoms with Gasteiger partial charge in [-0.15, -0.1) is 0 Å². The number of esters is 1. The third-order valence-corrected chi connectivity index (χ3v) is 3.66. The monoisotopic (exact) mass is 368 g/mol. The Morgan fingerprint density at radius 2 is 1.90 bits per heavy atom. The van der Waals surface area contributed by atoms with E-state index in [1.807, 2.05) is 32.0 Å². The summed E-state index contributed by atoms with van der Waals surface area (Å²) in [7, 11) is 0. The van der Waals surface area contributed by atoms with Gasteiger partial charge in [0.15, 0.2) is 6.61 Å². The highest BCUT2D eigenvalue weighted by Gasteiger charge is 2.10. The summed E-state index contributed by atoms with van der Waals surface area (Å²) >= 11 is 9.17. The number of carbonyl (C=O) groups excluding carboxylic acids is 1. The zero-order chi connectivity index (χ0) is 15.4. The molecule has 0 radical (unpaired) electrons. The van der Waals surface area contributed by atoms with Crippen LogP contribution >= 0.6 is 27.5 Å². The normalized spacial score (nSPS) is 10.3. The van der Waals surface area contributed by atoms with E-state index in [1.54, 1.807) is 18.2 Å². The van der Waals surface area contributed by atoms with Gasteiger partial charge < -0.3 is 9.47 Å². The molecule has 0 saturated carbocycles. The van der Waals surface area contributed by atoms with Crippen LogP contribution in [-0.4, -0.2) is 12.6 Å². The van der Waals surface area contributed by atoms with E-state index in [4.69, 9.17) is 21.1 Å². The van der Waals surface area contributed by atoms with Crippen LogP contribution in [0.2, 0.25) is 5.02 Å². The van der Waals surface area contributed by atoms with E-state index in [2.05, 4.69) is 15.9 Å². The van der Waals surface area contributed by atoms with Gasteiger partial charge in [-0.3, -0.25) is 0 Å². The van der Waals surface area contributed by atoms with Crippen molar-refractivity contribution in [1.82, 2.24) is 0 Å². The molecule has 21 heavy (non-hydrogen) atoms. The summed E-state index contributed by atoms with van der Waals surface area (Å²) in [4.78, 5) is 11.8. The van der Waals surface area contributed by atoms with Crippen molar-refractivity contribution in [2.45, 2.75) is 13.8 Å². The van der Waals surface area contributed by atoms with Crippen LogP contribution in [0.25, 0.3) is 0 Å². The van der Waals surface area contributed by atoms with E-state index in [0.29, 0.717) is 21.0 Å². The lowest BCUT2D eigenvalue weighted by atomic mass is 10.1. The summed E-state index contributed by atoms with van der Waals surface area (Å²) in [6.45, 7) is 3.66. The largest absolute Gasteiger partial charge is 0.481 e. The fourth-order valence-corrected chi connectivity index (χ4v) is 2.50. The summed E-state index contributed by atoms with van der Waals surface area (Å²) in [6.07, 6.45) is 0. The molecule has 0 atom stereocenters. The van der Waals surface area contributed by atoms with Crippen molar-refractivity contribution in [1.29, 1.82) is 0 Å². The van der Waals surface area contributed by atoms with Gasteiger partial charge in [-0.05, 0) is 65.2 Å². The predicted octanol–water partition coefficient (Wildman–Crippen LogP) is 4.70. The number of benzene rings is 2. The molecule has 110 valence electrons. The highest BCUT2D eigenvalue weighted by Crippen LogP contribution is 2.28. The third kappa shape index (κ3) is 4.48. The molecule has 2 rings (SSSR count). The number of rotatable bonds is 4. The van der Waals surface area contributed by atoms with Gasteiger partial charge >= 0.3 is 5.97 Å². The molecule has 0 aromatic heterocycles. The van der Waals surface area contributed by atoms with Gasteiger partial charge in [0.1, 0.15) is 11.5 Å². The van der Waals surface area contributed by atoms with E-state index in [-0.39, 0.29) is 6.61 Å². The first-order chi connectivity index (χ1) is 9.95. The molecule has 0 aliphatic rings. The number of halogens is 2. The molecule has 0 saturated heterocycles. The van der Waals surface area contributed by atoms with Crippen LogP contribution in [0.1, 0.15) is 11.1 Å². The third-order valence-electron chi connectivity index (χ3n) is 2.81. The minimum absolute atomic E-state index is 0.173. The molecule has 5 heteroatoms. The van der Waals surface area contributed by atoms with Gasteiger partial charge in [0.25, 0.3) is 0 Å². The molecule has 0 aliphatic heterocycles. The standard InChI is InChI=1S/C16H14BrClO3/c1-10-3-4-11(2)15(7-10)21-16(19)9-20-14-6-5-12(18)8-13(14)17/h3-8H,9H2,1-2H3. The first-order valence-electron chi connectivity index (χ1n) is 6.31. The average Bonchev–Trinajstić information content (AvgIpc) is 2.42. The van der Waals surface area contributed by atoms with Gasteiger partial charge in [0.2, 0.25) is 0 Å². The van der Waals surface area contributed by atoms with Crippen molar-refractivity contribution in [2.24, 2.45) is 0 Å². The molecule has 0 aliphatic carbocycles. The Hall–Kier alpha value is -1.52. The fourth-order valence-electron chi connectivity index (χ4n) is 1.70. The summed E-state index contributed by atoms with van der Waals surface area (Å²) in [6, 6.07) is 10.8. The second kappa shape index (κ2) is 6.96. The second-order valence-electron chi connectivity index (χ2n) is 4.61. The van der Waals surface area contributed by atoms with Crippen molar-refractivity contribution in [3.63, 3.8) is 0 Å². The number of aryl methyl sites for hydroxylation is 2. The van der Waals surface area contributed by atoms with E-state index < -0.39 is 5.97 Å². The molecular weight excluding hydrogens is 356 g/mol. The van der Waals surface area contributed by atoms with E-state index in [9.17, 15) is 4.79 Å². The molecule has 0 fully saturated rings. The van der Waals surface area contributed by atoms with Crippen LogP contribution in [0, 0.1) is 13.8 Å². The van der Waals surface area contributed by atoms with Gasteiger partial charge in [-0.25, -0.2) is 4.79 Å². The average molecular weight is 370 g/mol. The maximum Gasteiger partial charge on any atom is 0.349 e. The molecule has 2 aromatic carbocycles.